The van der Waals surface area contributed by atoms with E-state index in [0.29, 0.717) is 5.41 Å². The average molecular weight is 361 g/mol. The Labute approximate surface area is 139 Å². The van der Waals surface area contributed by atoms with Crippen LogP contribution in [0.15, 0.2) is 0 Å². The van der Waals surface area contributed by atoms with E-state index in [1.807, 2.05) is 0 Å². The maximum Gasteiger partial charge on any atom is 0.0594 e. The molecular formula is C17H33BrN2O. The van der Waals surface area contributed by atoms with Gasteiger partial charge in [0.1, 0.15) is 0 Å². The van der Waals surface area contributed by atoms with Crippen LogP contribution in [0.5, 0.6) is 0 Å². The van der Waals surface area contributed by atoms with E-state index in [1.54, 1.807) is 0 Å². The topological polar surface area (TPSA) is 15.7 Å². The maximum absolute atomic E-state index is 5.49. The number of hydrogen-bond donors (Lipinski definition) is 0. The van der Waals surface area contributed by atoms with Gasteiger partial charge in [-0.05, 0) is 31.2 Å². The van der Waals surface area contributed by atoms with Crippen molar-refractivity contribution in [2.24, 2.45) is 5.41 Å². The van der Waals surface area contributed by atoms with Crippen LogP contribution in [0.3, 0.4) is 0 Å². The first-order chi connectivity index (χ1) is 10.2. The molecule has 1 unspecified atom stereocenters. The molecule has 0 radical (unpaired) electrons. The smallest absolute Gasteiger partial charge is 0.0594 e. The van der Waals surface area contributed by atoms with Gasteiger partial charge in [-0.25, -0.2) is 0 Å². The Morgan fingerprint density at radius 1 is 1.10 bits per heavy atom. The molecule has 0 bridgehead atoms. The van der Waals surface area contributed by atoms with E-state index >= 15 is 0 Å². The molecule has 0 aliphatic carbocycles. The third kappa shape index (κ3) is 4.92. The van der Waals surface area contributed by atoms with Crippen molar-refractivity contribution in [2.75, 3.05) is 51.3 Å². The lowest BCUT2D eigenvalue weighted by molar-refractivity contribution is 0.0175. The zero-order valence-electron chi connectivity index (χ0n) is 14.0. The van der Waals surface area contributed by atoms with Crippen molar-refractivity contribution < 1.29 is 4.74 Å². The minimum absolute atomic E-state index is 0.489. The molecule has 0 aromatic rings. The van der Waals surface area contributed by atoms with Gasteiger partial charge in [0.05, 0.1) is 13.2 Å². The molecule has 2 fully saturated rings. The SMILES string of the molecule is CCCC(CBr)(CCC)CN1CCC(N2CCOCC2)C1. The first-order valence-corrected chi connectivity index (χ1v) is 9.95. The number of morpholine rings is 1. The van der Waals surface area contributed by atoms with Crippen molar-refractivity contribution in [3.8, 4) is 0 Å². The molecule has 2 aliphatic rings. The molecule has 21 heavy (non-hydrogen) atoms. The lowest BCUT2D eigenvalue weighted by Gasteiger charge is -2.37. The predicted octanol–water partition coefficient (Wildman–Crippen LogP) is 3.37. The minimum atomic E-state index is 0.489. The number of ether oxygens (including phenoxy) is 1. The molecule has 1 atom stereocenters. The zero-order valence-corrected chi connectivity index (χ0v) is 15.5. The quantitative estimate of drug-likeness (QED) is 0.617. The summed E-state index contributed by atoms with van der Waals surface area (Å²) < 4.78 is 5.49. The summed E-state index contributed by atoms with van der Waals surface area (Å²) in [6.07, 6.45) is 6.64. The van der Waals surface area contributed by atoms with Crippen LogP contribution in [0.2, 0.25) is 0 Å². The number of halogens is 1. The third-order valence-electron chi connectivity index (χ3n) is 5.21. The van der Waals surface area contributed by atoms with Crippen molar-refractivity contribution in [3.63, 3.8) is 0 Å². The number of hydrogen-bond acceptors (Lipinski definition) is 3. The van der Waals surface area contributed by atoms with Gasteiger partial charge in [-0.15, -0.1) is 0 Å². The fourth-order valence-corrected chi connectivity index (χ4v) is 4.93. The lowest BCUT2D eigenvalue weighted by atomic mass is 9.81. The monoisotopic (exact) mass is 360 g/mol. The Bertz CT molecular complexity index is 289. The fourth-order valence-electron chi connectivity index (χ4n) is 4.19. The summed E-state index contributed by atoms with van der Waals surface area (Å²) in [6.45, 7) is 12.6. The van der Waals surface area contributed by atoms with Crippen molar-refractivity contribution in [1.29, 1.82) is 0 Å². The molecule has 2 heterocycles. The van der Waals surface area contributed by atoms with Crippen LogP contribution < -0.4 is 0 Å². The summed E-state index contributed by atoms with van der Waals surface area (Å²) in [7, 11) is 0. The summed E-state index contributed by atoms with van der Waals surface area (Å²) in [5, 5.41) is 1.15. The fraction of sp³-hybridized carbons (Fsp3) is 1.00. The molecule has 0 amide bonds. The molecule has 0 spiro atoms. The van der Waals surface area contributed by atoms with Crippen molar-refractivity contribution in [3.05, 3.63) is 0 Å². The van der Waals surface area contributed by atoms with Crippen LogP contribution in [0.4, 0.5) is 0 Å². The highest BCUT2D eigenvalue weighted by atomic mass is 79.9. The van der Waals surface area contributed by atoms with Crippen LogP contribution >= 0.6 is 15.9 Å². The van der Waals surface area contributed by atoms with Crippen LogP contribution in [0.1, 0.15) is 46.0 Å². The second kappa shape index (κ2) is 8.85. The molecule has 124 valence electrons. The van der Waals surface area contributed by atoms with Gasteiger partial charge in [-0.1, -0.05) is 42.6 Å². The van der Waals surface area contributed by atoms with Crippen molar-refractivity contribution in [2.45, 2.75) is 52.0 Å². The van der Waals surface area contributed by atoms with Crippen LogP contribution in [-0.2, 0) is 4.74 Å². The minimum Gasteiger partial charge on any atom is -0.379 e. The molecule has 4 heteroatoms. The number of rotatable bonds is 8. The van der Waals surface area contributed by atoms with Crippen LogP contribution in [0.25, 0.3) is 0 Å². The van der Waals surface area contributed by atoms with Gasteiger partial charge in [-0.2, -0.15) is 0 Å². The predicted molar refractivity (Wildman–Crippen MR) is 93.3 cm³/mol. The van der Waals surface area contributed by atoms with Crippen molar-refractivity contribution >= 4 is 15.9 Å². The molecular weight excluding hydrogens is 328 g/mol. The van der Waals surface area contributed by atoms with Gasteiger partial charge in [-0.3, -0.25) is 4.90 Å². The number of alkyl halides is 1. The third-order valence-corrected chi connectivity index (χ3v) is 6.40. The van der Waals surface area contributed by atoms with Gasteiger partial charge >= 0.3 is 0 Å². The van der Waals surface area contributed by atoms with E-state index in [0.717, 1.165) is 37.7 Å². The van der Waals surface area contributed by atoms with Gasteiger partial charge in [0.2, 0.25) is 0 Å². The highest BCUT2D eigenvalue weighted by Gasteiger charge is 2.34. The van der Waals surface area contributed by atoms with Crippen molar-refractivity contribution in [1.82, 2.24) is 9.80 Å². The van der Waals surface area contributed by atoms with Gasteiger partial charge in [0.15, 0.2) is 0 Å². The Morgan fingerprint density at radius 3 is 2.33 bits per heavy atom. The summed E-state index contributed by atoms with van der Waals surface area (Å²) in [4.78, 5) is 5.38. The van der Waals surface area contributed by atoms with E-state index in [1.165, 1.54) is 51.7 Å². The highest BCUT2D eigenvalue weighted by molar-refractivity contribution is 9.09. The second-order valence-corrected chi connectivity index (χ2v) is 7.52. The van der Waals surface area contributed by atoms with E-state index in [-0.39, 0.29) is 0 Å². The summed E-state index contributed by atoms with van der Waals surface area (Å²) >= 11 is 3.82. The molecule has 3 nitrogen and oxygen atoms in total. The molecule has 0 N–H and O–H groups in total. The molecule has 0 saturated carbocycles. The summed E-state index contributed by atoms with van der Waals surface area (Å²) in [5.41, 5.74) is 0.489. The molecule has 0 aromatic heterocycles. The Kier molecular flexibility index (Phi) is 7.47. The Hall–Kier alpha value is 0.360. The first kappa shape index (κ1) is 17.7. The van der Waals surface area contributed by atoms with E-state index in [4.69, 9.17) is 4.74 Å². The Morgan fingerprint density at radius 2 is 1.76 bits per heavy atom. The van der Waals surface area contributed by atoms with Gasteiger partial charge in [0, 0.05) is 37.6 Å². The van der Waals surface area contributed by atoms with Crippen LogP contribution in [-0.4, -0.2) is 67.1 Å². The Balaban J connectivity index is 1.86. The molecule has 2 saturated heterocycles. The average Bonchev–Trinajstić information content (AvgIpc) is 2.97. The maximum atomic E-state index is 5.49. The standard InChI is InChI=1S/C17H33BrN2O/c1-3-6-17(14-18,7-4-2)15-19-8-5-16(13-19)20-9-11-21-12-10-20/h16H,3-15H2,1-2H3. The zero-order chi connectivity index (χ0) is 15.1. The number of nitrogens with zero attached hydrogens (tertiary/aromatic N) is 2. The first-order valence-electron chi connectivity index (χ1n) is 8.83. The molecule has 2 rings (SSSR count). The van der Waals surface area contributed by atoms with E-state index in [9.17, 15) is 0 Å². The molecule has 0 aromatic carbocycles. The normalized spacial score (nSPS) is 25.6. The largest absolute Gasteiger partial charge is 0.379 e. The number of likely N-dealkylation sites (tertiary alicyclic amines) is 1. The van der Waals surface area contributed by atoms with Gasteiger partial charge in [0.25, 0.3) is 0 Å². The summed E-state index contributed by atoms with van der Waals surface area (Å²) in [6, 6.07) is 0.769. The lowest BCUT2D eigenvalue weighted by Crippen LogP contribution is -2.45. The van der Waals surface area contributed by atoms with Crippen LogP contribution in [0, 0.1) is 5.41 Å². The van der Waals surface area contributed by atoms with Gasteiger partial charge < -0.3 is 9.64 Å². The van der Waals surface area contributed by atoms with E-state index < -0.39 is 0 Å². The van der Waals surface area contributed by atoms with E-state index in [2.05, 4.69) is 39.6 Å². The second-order valence-electron chi connectivity index (χ2n) is 6.96. The summed E-state index contributed by atoms with van der Waals surface area (Å²) in [5.74, 6) is 0. The highest BCUT2D eigenvalue weighted by Crippen LogP contribution is 2.34. The molecule has 2 aliphatic heterocycles.